The van der Waals surface area contributed by atoms with E-state index in [1.165, 1.54) is 33.5 Å². The maximum Gasteiger partial charge on any atom is 0.0479 e. The van der Waals surface area contributed by atoms with Gasteiger partial charge in [0.15, 0.2) is 0 Å². The van der Waals surface area contributed by atoms with Crippen LogP contribution >= 0.6 is 0 Å². The normalized spacial score (nSPS) is 18.0. The first kappa shape index (κ1) is 51.6. The molecule has 0 spiro atoms. The van der Waals surface area contributed by atoms with E-state index < -0.39 is 5.41 Å². The minimum absolute atomic E-state index is 0.00624. The number of para-hydroxylation sites is 4. The molecule has 10 aromatic rings. The summed E-state index contributed by atoms with van der Waals surface area (Å²) in [6.07, 6.45) is 9.59. The van der Waals surface area contributed by atoms with Crippen molar-refractivity contribution < 1.29 is 0 Å². The van der Waals surface area contributed by atoms with Crippen LogP contribution in [0.2, 0.25) is 0 Å². The lowest BCUT2D eigenvalue weighted by Crippen LogP contribution is -2.41. The van der Waals surface area contributed by atoms with Gasteiger partial charge >= 0.3 is 0 Å². The summed E-state index contributed by atoms with van der Waals surface area (Å²) >= 11 is 0. The molecule has 0 saturated heterocycles. The lowest BCUT2D eigenvalue weighted by molar-refractivity contribution is 0.259. The molecule has 12 rings (SSSR count). The maximum atomic E-state index is 4.08. The molecule has 80 heavy (non-hydrogen) atoms. The smallest absolute Gasteiger partial charge is 0.0479 e. The minimum atomic E-state index is -0.429. The molecule has 0 amide bonds. The van der Waals surface area contributed by atoms with Crippen molar-refractivity contribution in [2.45, 2.75) is 80.7 Å². The highest BCUT2D eigenvalue weighted by molar-refractivity contribution is 5.66. The van der Waals surface area contributed by atoms with Gasteiger partial charge in [0.25, 0.3) is 0 Å². The molecular formula is C74H70N6. The molecule has 6 heteroatoms. The van der Waals surface area contributed by atoms with Crippen LogP contribution in [-0.4, -0.2) is 12.1 Å². The SMILES string of the molecule is c1ccc(NC2CCC(C(c3ccc(Nc4ccccc4)cc3)(c3ccc(Nc4ccccc4)cc3)c3ccc(NC4CCC(Cc5ccc(Nc6ccccc6)cc5)(c5ccc(Nc6ccccc6)cc5)CC4)cc3)CC2)cc#1. The van der Waals surface area contributed by atoms with Crippen LogP contribution in [0.5, 0.6) is 0 Å². The Balaban J connectivity index is 0.832. The first-order valence-electron chi connectivity index (χ1n) is 28.7. The number of hydrogen-bond donors (Lipinski definition) is 6. The molecule has 0 aliphatic heterocycles. The molecule has 2 saturated carbocycles. The Labute approximate surface area is 473 Å². The third kappa shape index (κ3) is 12.1. The molecular weight excluding hydrogens is 973 g/mol. The Morgan fingerprint density at radius 2 is 0.700 bits per heavy atom. The minimum Gasteiger partial charge on any atom is -0.382 e. The lowest BCUT2D eigenvalue weighted by Gasteiger charge is -2.46. The molecule has 0 heterocycles. The Kier molecular flexibility index (Phi) is 15.6. The van der Waals surface area contributed by atoms with Crippen molar-refractivity contribution in [1.29, 1.82) is 0 Å². The highest BCUT2D eigenvalue weighted by Crippen LogP contribution is 2.52. The van der Waals surface area contributed by atoms with Crippen LogP contribution in [0.4, 0.5) is 56.9 Å². The fourth-order valence-corrected chi connectivity index (χ4v) is 12.9. The molecule has 0 aromatic heterocycles. The van der Waals surface area contributed by atoms with Gasteiger partial charge in [-0.25, -0.2) is 0 Å². The largest absolute Gasteiger partial charge is 0.382 e. The van der Waals surface area contributed by atoms with Crippen LogP contribution in [0.1, 0.15) is 79.2 Å². The van der Waals surface area contributed by atoms with Crippen molar-refractivity contribution in [2.24, 2.45) is 5.92 Å². The Hall–Kier alpha value is -9.18. The zero-order valence-electron chi connectivity index (χ0n) is 45.4. The second kappa shape index (κ2) is 24.2. The summed E-state index contributed by atoms with van der Waals surface area (Å²) in [6, 6.07) is 101. The van der Waals surface area contributed by atoms with Crippen LogP contribution in [0, 0.1) is 18.1 Å². The van der Waals surface area contributed by atoms with E-state index in [-0.39, 0.29) is 5.41 Å². The quantitative estimate of drug-likeness (QED) is 0.0454. The zero-order valence-corrected chi connectivity index (χ0v) is 45.4. The molecule has 0 bridgehead atoms. The van der Waals surface area contributed by atoms with Gasteiger partial charge in [0.05, 0.1) is 0 Å². The van der Waals surface area contributed by atoms with E-state index in [9.17, 15) is 0 Å². The molecule has 0 radical (unpaired) electrons. The molecule has 6 N–H and O–H groups in total. The molecule has 2 fully saturated rings. The summed E-state index contributed by atoms with van der Waals surface area (Å²) < 4.78 is 0. The number of benzene rings is 9. The molecule has 0 atom stereocenters. The Morgan fingerprint density at radius 3 is 1.11 bits per heavy atom. The molecule has 2 aliphatic rings. The van der Waals surface area contributed by atoms with Crippen LogP contribution in [0.25, 0.3) is 0 Å². The summed E-state index contributed by atoms with van der Waals surface area (Å²) in [5.74, 6) is 0.335. The lowest BCUT2D eigenvalue weighted by atomic mass is 9.58. The third-order valence-electron chi connectivity index (χ3n) is 16.9. The van der Waals surface area contributed by atoms with E-state index in [1.807, 2.05) is 12.1 Å². The molecule has 2 aliphatic carbocycles. The summed E-state index contributed by atoms with van der Waals surface area (Å²) in [7, 11) is 0. The van der Waals surface area contributed by atoms with E-state index in [1.54, 1.807) is 0 Å². The van der Waals surface area contributed by atoms with Crippen LogP contribution in [0.15, 0.2) is 261 Å². The molecule has 10 aromatic carbocycles. The van der Waals surface area contributed by atoms with Gasteiger partial charge in [0.2, 0.25) is 0 Å². The van der Waals surface area contributed by atoms with E-state index >= 15 is 0 Å². The third-order valence-corrected chi connectivity index (χ3v) is 16.9. The number of rotatable bonds is 19. The van der Waals surface area contributed by atoms with Gasteiger partial charge in [-0.3, -0.25) is 0 Å². The fraction of sp³-hybridized carbons (Fsp3) is 0.189. The number of hydrogen-bond acceptors (Lipinski definition) is 6. The summed E-state index contributed by atoms with van der Waals surface area (Å²) in [4.78, 5) is 0. The number of nitrogens with one attached hydrogen (secondary N) is 6. The van der Waals surface area contributed by atoms with E-state index in [2.05, 4.69) is 293 Å². The summed E-state index contributed by atoms with van der Waals surface area (Å²) in [5.41, 5.74) is 17.3. The fourth-order valence-electron chi connectivity index (χ4n) is 12.9. The van der Waals surface area contributed by atoms with Crippen molar-refractivity contribution in [3.8, 4) is 0 Å². The highest BCUT2D eigenvalue weighted by Gasteiger charge is 2.45. The van der Waals surface area contributed by atoms with Gasteiger partial charge < -0.3 is 31.9 Å². The van der Waals surface area contributed by atoms with Crippen molar-refractivity contribution in [2.75, 3.05) is 31.9 Å². The first-order chi connectivity index (χ1) is 39.5. The first-order valence-corrected chi connectivity index (χ1v) is 28.7. The van der Waals surface area contributed by atoms with Crippen molar-refractivity contribution in [1.82, 2.24) is 0 Å². The second-order valence-corrected chi connectivity index (χ2v) is 22.1. The average molecular weight is 1040 g/mol. The average Bonchev–Trinajstić information content (AvgIpc) is 3.58. The second-order valence-electron chi connectivity index (χ2n) is 22.1. The van der Waals surface area contributed by atoms with Crippen molar-refractivity contribution >= 4 is 56.9 Å². The van der Waals surface area contributed by atoms with Crippen LogP contribution in [0.3, 0.4) is 0 Å². The van der Waals surface area contributed by atoms with Crippen molar-refractivity contribution in [3.63, 3.8) is 0 Å². The van der Waals surface area contributed by atoms with E-state index in [4.69, 9.17) is 0 Å². The predicted octanol–water partition coefficient (Wildman–Crippen LogP) is 18.8. The van der Waals surface area contributed by atoms with Gasteiger partial charge in [-0.2, -0.15) is 0 Å². The van der Waals surface area contributed by atoms with Crippen LogP contribution < -0.4 is 31.9 Å². The van der Waals surface area contributed by atoms with Gasteiger partial charge in [-0.15, -0.1) is 0 Å². The van der Waals surface area contributed by atoms with E-state index in [0.717, 1.165) is 109 Å². The standard InChI is InChI=1S/C74H70N6/c1-6-16-61(17-7-1)75-66-38-26-55(27-39-66)54-73(56-28-40-67(41-29-56)76-62-18-8-2-9-19-62)52-50-72(51-53-73)80-71-48-36-60(37-49-71)74(57-30-42-68(43-31-57)77-63-20-10-3-11-21-63,58-32-44-69(45-33-58)78-64-22-12-4-13-23-64)59-34-46-70(47-35-59)79-65-24-14-5-15-25-65/h1-4,6-14,16-33,36-45,48-49,59,70,72,75-80H,34-35,46-47,50-54H2. The van der Waals surface area contributed by atoms with Gasteiger partial charge in [-0.05, 0) is 218 Å². The summed E-state index contributed by atoms with van der Waals surface area (Å²) in [6.45, 7) is 0. The monoisotopic (exact) mass is 1040 g/mol. The van der Waals surface area contributed by atoms with Gasteiger partial charge in [0, 0.05) is 80.4 Å². The number of anilines is 10. The zero-order chi connectivity index (χ0) is 53.8. The van der Waals surface area contributed by atoms with E-state index in [0.29, 0.717) is 18.0 Å². The summed E-state index contributed by atoms with van der Waals surface area (Å²) in [5, 5.41) is 22.4. The Bertz CT molecular complexity index is 3380. The maximum absolute atomic E-state index is 4.08. The van der Waals surface area contributed by atoms with Gasteiger partial charge in [0.1, 0.15) is 0 Å². The van der Waals surface area contributed by atoms with Gasteiger partial charge in [-0.1, -0.05) is 146 Å². The molecule has 6 nitrogen and oxygen atoms in total. The van der Waals surface area contributed by atoms with Crippen LogP contribution in [-0.2, 0) is 17.3 Å². The topological polar surface area (TPSA) is 72.2 Å². The molecule has 396 valence electrons. The Morgan fingerprint density at radius 1 is 0.338 bits per heavy atom. The predicted molar refractivity (Wildman–Crippen MR) is 336 cm³/mol. The van der Waals surface area contributed by atoms with Crippen molar-refractivity contribution in [3.05, 3.63) is 301 Å². The molecule has 0 unspecified atom stereocenters. The highest BCUT2D eigenvalue weighted by atomic mass is 14.9.